The molecule has 0 N–H and O–H groups in total. The average Bonchev–Trinajstić information content (AvgIpc) is 2.21. The summed E-state index contributed by atoms with van der Waals surface area (Å²) in [4.78, 5) is 14.1. The zero-order valence-corrected chi connectivity index (χ0v) is 13.1. The number of nitrogens with zero attached hydrogens (tertiary/aromatic N) is 1. The molecule has 0 aromatic carbocycles. The van der Waals surface area contributed by atoms with Crippen molar-refractivity contribution in [2.24, 2.45) is 0 Å². The van der Waals surface area contributed by atoms with Crippen LogP contribution in [0.2, 0.25) is 0 Å². The second-order valence-corrected chi connectivity index (χ2v) is 6.30. The van der Waals surface area contributed by atoms with Gasteiger partial charge in [0.2, 0.25) is 0 Å². The Hall–Kier alpha value is -0.220. The molecule has 0 rings (SSSR count). The van der Waals surface area contributed by atoms with E-state index in [1.54, 1.807) is 0 Å². The van der Waals surface area contributed by atoms with Crippen LogP contribution in [0.25, 0.3) is 0 Å². The maximum Gasteiger partial charge on any atom is 0.323 e. The molecule has 102 valence electrons. The fraction of sp³-hybridized carbons (Fsp3) is 0.923. The Morgan fingerprint density at radius 2 is 1.94 bits per heavy atom. The van der Waals surface area contributed by atoms with Crippen LogP contribution < -0.4 is 0 Å². The van der Waals surface area contributed by atoms with Gasteiger partial charge in [0.15, 0.2) is 0 Å². The van der Waals surface area contributed by atoms with E-state index >= 15 is 0 Å². The molecule has 0 amide bonds. The van der Waals surface area contributed by atoms with E-state index in [1.807, 2.05) is 46.5 Å². The number of carbonyl (C=O) groups is 1. The summed E-state index contributed by atoms with van der Waals surface area (Å²) in [5, 5.41) is 0. The van der Waals surface area contributed by atoms with Crippen molar-refractivity contribution in [1.82, 2.24) is 4.90 Å². The van der Waals surface area contributed by atoms with Gasteiger partial charge in [0.1, 0.15) is 11.6 Å². The maximum absolute atomic E-state index is 12.0. The van der Waals surface area contributed by atoms with Gasteiger partial charge < -0.3 is 4.74 Å². The molecule has 0 aliphatic rings. The van der Waals surface area contributed by atoms with Crippen LogP contribution in [-0.2, 0) is 9.53 Å². The lowest BCUT2D eigenvalue weighted by atomic mass is 10.1. The van der Waals surface area contributed by atoms with Gasteiger partial charge in [-0.1, -0.05) is 6.92 Å². The highest BCUT2D eigenvalue weighted by Crippen LogP contribution is 2.15. The van der Waals surface area contributed by atoms with E-state index in [0.717, 1.165) is 12.2 Å². The van der Waals surface area contributed by atoms with Crippen LogP contribution in [0.4, 0.5) is 0 Å². The third-order valence-electron chi connectivity index (χ3n) is 2.77. The smallest absolute Gasteiger partial charge is 0.323 e. The van der Waals surface area contributed by atoms with Gasteiger partial charge >= 0.3 is 5.97 Å². The Morgan fingerprint density at radius 1 is 1.41 bits per heavy atom. The molecule has 0 aromatic rings. The highest BCUT2D eigenvalue weighted by atomic mass is 32.2. The first-order valence-electron chi connectivity index (χ1n) is 6.16. The highest BCUT2D eigenvalue weighted by molar-refractivity contribution is 7.98. The number of likely N-dealkylation sites (N-methyl/N-ethyl adjacent to an activating group) is 1. The molecule has 0 aliphatic carbocycles. The normalized spacial score (nSPS) is 15.8. The molecule has 4 heteroatoms. The van der Waals surface area contributed by atoms with E-state index in [4.69, 9.17) is 4.74 Å². The molecule has 0 heterocycles. The molecule has 0 aromatic heterocycles. The van der Waals surface area contributed by atoms with Crippen LogP contribution in [0.1, 0.15) is 41.0 Å². The summed E-state index contributed by atoms with van der Waals surface area (Å²) < 4.78 is 5.41. The fourth-order valence-corrected chi connectivity index (χ4v) is 2.44. The predicted molar refractivity (Wildman–Crippen MR) is 75.5 cm³/mol. The topological polar surface area (TPSA) is 29.5 Å². The Morgan fingerprint density at radius 3 is 2.29 bits per heavy atom. The van der Waals surface area contributed by atoms with Crippen molar-refractivity contribution in [3.8, 4) is 0 Å². The van der Waals surface area contributed by atoms with Gasteiger partial charge in [0.25, 0.3) is 0 Å². The number of thioether (sulfide) groups is 1. The van der Waals surface area contributed by atoms with Gasteiger partial charge in [0, 0.05) is 11.8 Å². The van der Waals surface area contributed by atoms with Crippen LogP contribution in [0.5, 0.6) is 0 Å². The third kappa shape index (κ3) is 6.32. The minimum Gasteiger partial charge on any atom is -0.459 e. The van der Waals surface area contributed by atoms with Gasteiger partial charge in [0.05, 0.1) is 0 Å². The number of hydrogen-bond donors (Lipinski definition) is 0. The van der Waals surface area contributed by atoms with Crippen LogP contribution in [0.15, 0.2) is 0 Å². The molecule has 0 spiro atoms. The number of ether oxygens (including phenoxy) is 1. The lowest BCUT2D eigenvalue weighted by Gasteiger charge is -2.32. The molecule has 3 nitrogen and oxygen atoms in total. The number of hydrogen-bond acceptors (Lipinski definition) is 4. The van der Waals surface area contributed by atoms with E-state index in [1.165, 1.54) is 0 Å². The first-order valence-corrected chi connectivity index (χ1v) is 7.56. The quantitative estimate of drug-likeness (QED) is 0.688. The third-order valence-corrected chi connectivity index (χ3v) is 3.48. The Balaban J connectivity index is 4.46. The average molecular weight is 261 g/mol. The summed E-state index contributed by atoms with van der Waals surface area (Å²) in [6, 6.07) is 0.235. The lowest BCUT2D eigenvalue weighted by molar-refractivity contribution is -0.161. The van der Waals surface area contributed by atoms with E-state index < -0.39 is 5.60 Å². The number of esters is 1. The van der Waals surface area contributed by atoms with Crippen LogP contribution >= 0.6 is 11.8 Å². The van der Waals surface area contributed by atoms with Gasteiger partial charge in [-0.05, 0) is 47.4 Å². The van der Waals surface area contributed by atoms with Crippen molar-refractivity contribution in [2.75, 3.05) is 19.1 Å². The molecule has 0 fully saturated rings. The largest absolute Gasteiger partial charge is 0.459 e. The summed E-state index contributed by atoms with van der Waals surface area (Å²) in [7, 11) is 2.00. The summed E-state index contributed by atoms with van der Waals surface area (Å²) in [5.74, 6) is 0.903. The molecule has 0 saturated heterocycles. The SMILES string of the molecule is CCC(CSC)N(C)C(C)C(=O)OC(C)(C)C. The molecular weight excluding hydrogens is 234 g/mol. The van der Waals surface area contributed by atoms with Gasteiger partial charge in [-0.2, -0.15) is 11.8 Å². The van der Waals surface area contributed by atoms with Crippen molar-refractivity contribution < 1.29 is 9.53 Å². The van der Waals surface area contributed by atoms with Crippen LogP contribution in [0.3, 0.4) is 0 Å². The first kappa shape index (κ1) is 16.8. The van der Waals surface area contributed by atoms with E-state index in [-0.39, 0.29) is 12.0 Å². The van der Waals surface area contributed by atoms with Gasteiger partial charge in [-0.3, -0.25) is 9.69 Å². The molecular formula is C13H27NO2S. The van der Waals surface area contributed by atoms with Crippen molar-refractivity contribution in [3.63, 3.8) is 0 Å². The van der Waals surface area contributed by atoms with E-state index in [2.05, 4.69) is 18.1 Å². The Kier molecular flexibility index (Phi) is 7.17. The second-order valence-electron chi connectivity index (χ2n) is 5.39. The zero-order valence-electron chi connectivity index (χ0n) is 12.2. The molecule has 0 radical (unpaired) electrons. The molecule has 17 heavy (non-hydrogen) atoms. The molecule has 2 unspecified atom stereocenters. The zero-order chi connectivity index (χ0) is 13.6. The fourth-order valence-electron chi connectivity index (χ4n) is 1.59. The standard InChI is InChI=1S/C13H27NO2S/c1-8-11(9-17-7)14(6)10(2)12(15)16-13(3,4)5/h10-11H,8-9H2,1-7H3. The molecule has 0 aliphatic heterocycles. The summed E-state index contributed by atoms with van der Waals surface area (Å²) in [6.07, 6.45) is 3.14. The van der Waals surface area contributed by atoms with Crippen molar-refractivity contribution in [1.29, 1.82) is 0 Å². The second kappa shape index (κ2) is 7.27. The first-order chi connectivity index (χ1) is 7.72. The summed E-state index contributed by atoms with van der Waals surface area (Å²) >= 11 is 1.81. The minimum atomic E-state index is -0.409. The summed E-state index contributed by atoms with van der Waals surface area (Å²) in [5.41, 5.74) is -0.409. The van der Waals surface area contributed by atoms with Crippen molar-refractivity contribution in [3.05, 3.63) is 0 Å². The lowest BCUT2D eigenvalue weighted by Crippen LogP contribution is -2.46. The highest BCUT2D eigenvalue weighted by Gasteiger charge is 2.27. The number of carbonyl (C=O) groups excluding carboxylic acids is 1. The maximum atomic E-state index is 12.0. The molecule has 0 bridgehead atoms. The monoisotopic (exact) mass is 261 g/mol. The molecule has 0 saturated carbocycles. The molecule has 2 atom stereocenters. The van der Waals surface area contributed by atoms with Gasteiger partial charge in [-0.15, -0.1) is 0 Å². The van der Waals surface area contributed by atoms with E-state index in [9.17, 15) is 4.79 Å². The minimum absolute atomic E-state index is 0.139. The number of rotatable bonds is 6. The van der Waals surface area contributed by atoms with E-state index in [0.29, 0.717) is 6.04 Å². The Labute approximate surface area is 110 Å². The predicted octanol–water partition coefficient (Wildman–Crippen LogP) is 2.79. The van der Waals surface area contributed by atoms with Crippen molar-refractivity contribution >= 4 is 17.7 Å². The summed E-state index contributed by atoms with van der Waals surface area (Å²) in [6.45, 7) is 9.76. The van der Waals surface area contributed by atoms with Crippen LogP contribution in [-0.4, -0.2) is 47.6 Å². The van der Waals surface area contributed by atoms with Gasteiger partial charge in [-0.25, -0.2) is 0 Å². The van der Waals surface area contributed by atoms with Crippen LogP contribution in [0, 0.1) is 0 Å². The van der Waals surface area contributed by atoms with Crippen molar-refractivity contribution in [2.45, 2.75) is 58.7 Å². The Bertz CT molecular complexity index is 238.